The summed E-state index contributed by atoms with van der Waals surface area (Å²) >= 11 is 4.75. The maximum Gasteiger partial charge on any atom is 0.411 e. The molecule has 38 heavy (non-hydrogen) atoms. The number of ether oxygens (including phenoxy) is 3. The Morgan fingerprint density at radius 1 is 1.18 bits per heavy atom. The minimum Gasteiger partial charge on any atom is -0.484 e. The van der Waals surface area contributed by atoms with Gasteiger partial charge in [0.15, 0.2) is 17.6 Å². The van der Waals surface area contributed by atoms with Crippen LogP contribution in [-0.4, -0.2) is 57.5 Å². The number of carboxylic acid groups (broad SMARTS) is 1. The van der Waals surface area contributed by atoms with Gasteiger partial charge < -0.3 is 19.3 Å². The average Bonchev–Trinajstić information content (AvgIpc) is 3.36. The Balaban J connectivity index is 1.31. The molecule has 0 saturated heterocycles. The zero-order valence-corrected chi connectivity index (χ0v) is 22.6. The van der Waals surface area contributed by atoms with Gasteiger partial charge >= 0.3 is 6.09 Å². The number of hydrogen-bond donors (Lipinski definition) is 1. The van der Waals surface area contributed by atoms with E-state index in [0.29, 0.717) is 27.7 Å². The standard InChI is InChI=1S/C26H20BrN5O5S/c1-13-7-16(22-18(8-13)30-21(35-2)10-29-22)25-31-17-4-5-19-23(24(17)38-25)36-12-15(37-19)11-32(26(33)34)14-3-6-20(27)28-9-14/h3-10,15H,11-12H2,1-2H3,(H,33,34)/t15-/m1/s1. The first-order valence-electron chi connectivity index (χ1n) is 11.6. The summed E-state index contributed by atoms with van der Waals surface area (Å²) < 4.78 is 19.0. The van der Waals surface area contributed by atoms with E-state index in [-0.39, 0.29) is 13.2 Å². The summed E-state index contributed by atoms with van der Waals surface area (Å²) in [5.74, 6) is 1.59. The van der Waals surface area contributed by atoms with Gasteiger partial charge in [0.25, 0.3) is 0 Å². The van der Waals surface area contributed by atoms with Crippen LogP contribution in [0.1, 0.15) is 5.56 Å². The Kier molecular flexibility index (Phi) is 6.20. The predicted molar refractivity (Wildman–Crippen MR) is 147 cm³/mol. The number of fused-ring (bicyclic) bond motifs is 4. The van der Waals surface area contributed by atoms with Crippen molar-refractivity contribution in [3.8, 4) is 28.0 Å². The number of rotatable bonds is 5. The Hall–Kier alpha value is -4.03. The lowest BCUT2D eigenvalue weighted by atomic mass is 10.1. The number of methoxy groups -OCH3 is 1. The number of anilines is 1. The first-order chi connectivity index (χ1) is 18.4. The van der Waals surface area contributed by atoms with Gasteiger partial charge in [0, 0.05) is 5.56 Å². The van der Waals surface area contributed by atoms with E-state index in [1.807, 2.05) is 25.1 Å². The lowest BCUT2D eigenvalue weighted by Crippen LogP contribution is -2.43. The molecule has 10 nitrogen and oxygen atoms in total. The van der Waals surface area contributed by atoms with Crippen LogP contribution in [0, 0.1) is 6.92 Å². The molecule has 6 rings (SSSR count). The first-order valence-corrected chi connectivity index (χ1v) is 13.2. The summed E-state index contributed by atoms with van der Waals surface area (Å²) in [5.41, 5.74) is 4.59. The minimum absolute atomic E-state index is 0.0848. The van der Waals surface area contributed by atoms with Gasteiger partial charge in [-0.1, -0.05) is 0 Å². The number of thiazole rings is 1. The molecule has 0 unspecified atom stereocenters. The predicted octanol–water partition coefficient (Wildman–Crippen LogP) is 5.71. The van der Waals surface area contributed by atoms with Crippen molar-refractivity contribution in [1.29, 1.82) is 0 Å². The summed E-state index contributed by atoms with van der Waals surface area (Å²) in [6.45, 7) is 2.27. The van der Waals surface area contributed by atoms with Crippen LogP contribution >= 0.6 is 27.3 Å². The molecule has 5 aromatic rings. The van der Waals surface area contributed by atoms with Gasteiger partial charge in [-0.25, -0.2) is 24.7 Å². The fourth-order valence-electron chi connectivity index (χ4n) is 4.31. The lowest BCUT2D eigenvalue weighted by Gasteiger charge is -2.30. The van der Waals surface area contributed by atoms with Crippen molar-refractivity contribution in [1.82, 2.24) is 19.9 Å². The molecule has 3 aromatic heterocycles. The molecule has 0 fully saturated rings. The van der Waals surface area contributed by atoms with E-state index in [0.717, 1.165) is 37.4 Å². The fourth-order valence-corrected chi connectivity index (χ4v) is 5.62. The Labute approximate surface area is 229 Å². The molecule has 0 spiro atoms. The number of carbonyl (C=O) groups is 1. The number of aromatic nitrogens is 4. The fraction of sp³-hybridized carbons (Fsp3) is 0.192. The van der Waals surface area contributed by atoms with E-state index in [2.05, 4.69) is 30.9 Å². The van der Waals surface area contributed by atoms with Crippen LogP contribution in [0.5, 0.6) is 17.4 Å². The van der Waals surface area contributed by atoms with E-state index in [1.165, 1.54) is 22.4 Å². The maximum absolute atomic E-state index is 11.9. The zero-order valence-electron chi connectivity index (χ0n) is 20.2. The third kappa shape index (κ3) is 4.45. The highest BCUT2D eigenvalue weighted by Crippen LogP contribution is 2.44. The monoisotopic (exact) mass is 593 g/mol. The molecular weight excluding hydrogens is 574 g/mol. The van der Waals surface area contributed by atoms with Crippen molar-refractivity contribution in [3.63, 3.8) is 0 Å². The van der Waals surface area contributed by atoms with E-state index in [1.54, 1.807) is 31.5 Å². The molecule has 1 atom stereocenters. The molecule has 4 heterocycles. The molecule has 12 heteroatoms. The Bertz CT molecular complexity index is 1690. The minimum atomic E-state index is -1.10. The van der Waals surface area contributed by atoms with Gasteiger partial charge in [0.05, 0.1) is 48.3 Å². The highest BCUT2D eigenvalue weighted by molar-refractivity contribution is 9.10. The molecule has 0 aliphatic carbocycles. The van der Waals surface area contributed by atoms with Crippen LogP contribution in [0.25, 0.3) is 31.8 Å². The van der Waals surface area contributed by atoms with Gasteiger partial charge in [-0.05, 0) is 64.8 Å². The van der Waals surface area contributed by atoms with Gasteiger partial charge in [-0.3, -0.25) is 4.90 Å². The number of aryl methyl sites for hydroxylation is 1. The molecule has 0 bridgehead atoms. The summed E-state index contributed by atoms with van der Waals surface area (Å²) in [6.07, 6.45) is 1.49. The third-order valence-corrected chi connectivity index (χ3v) is 7.60. The third-order valence-electron chi connectivity index (χ3n) is 6.03. The Morgan fingerprint density at radius 3 is 2.82 bits per heavy atom. The van der Waals surface area contributed by atoms with Crippen molar-refractivity contribution >= 4 is 60.3 Å². The van der Waals surface area contributed by atoms with Gasteiger partial charge in [-0.2, -0.15) is 0 Å². The summed E-state index contributed by atoms with van der Waals surface area (Å²) in [6, 6.07) is 11.1. The molecular formula is C26H20BrN5O5S. The van der Waals surface area contributed by atoms with Gasteiger partial charge in [0.2, 0.25) is 5.88 Å². The number of halogens is 1. The topological polar surface area (TPSA) is 120 Å². The van der Waals surface area contributed by atoms with Crippen molar-refractivity contribution in [3.05, 3.63) is 59.0 Å². The van der Waals surface area contributed by atoms with Crippen LogP contribution in [0.2, 0.25) is 0 Å². The molecule has 1 aliphatic heterocycles. The number of nitrogens with zero attached hydrogens (tertiary/aromatic N) is 5. The highest BCUT2D eigenvalue weighted by atomic mass is 79.9. The first kappa shape index (κ1) is 24.3. The van der Waals surface area contributed by atoms with E-state index >= 15 is 0 Å². The summed E-state index contributed by atoms with van der Waals surface area (Å²) in [5, 5.41) is 10.5. The second-order valence-corrected chi connectivity index (χ2v) is 10.4. The average molecular weight is 594 g/mol. The molecule has 2 aromatic carbocycles. The number of amides is 1. The van der Waals surface area contributed by atoms with Crippen LogP contribution in [0.4, 0.5) is 10.5 Å². The van der Waals surface area contributed by atoms with E-state index < -0.39 is 12.2 Å². The smallest absolute Gasteiger partial charge is 0.411 e. The summed E-state index contributed by atoms with van der Waals surface area (Å²) in [7, 11) is 1.56. The number of pyridine rings is 1. The normalized spacial score (nSPS) is 14.6. The lowest BCUT2D eigenvalue weighted by molar-refractivity contribution is 0.0962. The Morgan fingerprint density at radius 2 is 2.05 bits per heavy atom. The van der Waals surface area contributed by atoms with Crippen LogP contribution in [0.3, 0.4) is 0 Å². The van der Waals surface area contributed by atoms with Crippen LogP contribution < -0.4 is 19.1 Å². The van der Waals surface area contributed by atoms with Crippen molar-refractivity contribution in [2.24, 2.45) is 0 Å². The number of benzene rings is 2. The SMILES string of the molecule is COc1cnc2c(-c3nc4ccc5c(c4s3)OC[C@@H](CN(C(=O)O)c3ccc(Br)nc3)O5)cc(C)cc2n1. The molecule has 1 N–H and O–H groups in total. The second kappa shape index (κ2) is 9.69. The summed E-state index contributed by atoms with van der Waals surface area (Å²) in [4.78, 5) is 31.2. The van der Waals surface area contributed by atoms with Crippen molar-refractivity contribution < 1.29 is 24.1 Å². The zero-order chi connectivity index (χ0) is 26.4. The highest BCUT2D eigenvalue weighted by Gasteiger charge is 2.29. The van der Waals surface area contributed by atoms with E-state index in [4.69, 9.17) is 19.2 Å². The van der Waals surface area contributed by atoms with Crippen LogP contribution in [0.15, 0.2) is 53.4 Å². The van der Waals surface area contributed by atoms with Crippen molar-refractivity contribution in [2.75, 3.05) is 25.2 Å². The maximum atomic E-state index is 11.9. The molecule has 0 radical (unpaired) electrons. The van der Waals surface area contributed by atoms with Gasteiger partial charge in [0.1, 0.15) is 20.9 Å². The quantitative estimate of drug-likeness (QED) is 0.255. The largest absolute Gasteiger partial charge is 0.484 e. The molecule has 1 aliphatic rings. The van der Waals surface area contributed by atoms with Gasteiger partial charge in [-0.15, -0.1) is 11.3 Å². The van der Waals surface area contributed by atoms with Crippen LogP contribution in [-0.2, 0) is 0 Å². The molecule has 1 amide bonds. The second-order valence-electron chi connectivity index (χ2n) is 8.64. The molecule has 0 saturated carbocycles. The van der Waals surface area contributed by atoms with Crippen molar-refractivity contribution in [2.45, 2.75) is 13.0 Å². The van der Waals surface area contributed by atoms with E-state index in [9.17, 15) is 9.90 Å². The number of hydrogen-bond acceptors (Lipinski definition) is 9. The molecule has 192 valence electrons.